The number of thiophene rings is 1. The number of nitrogens with one attached hydrogen (secondary N) is 1. The fourth-order valence-corrected chi connectivity index (χ4v) is 3.57. The van der Waals surface area contributed by atoms with Crippen molar-refractivity contribution in [3.63, 3.8) is 0 Å². The Labute approximate surface area is 121 Å². The molecule has 1 unspecified atom stereocenters. The van der Waals surface area contributed by atoms with Crippen LogP contribution in [0.3, 0.4) is 0 Å². The van der Waals surface area contributed by atoms with Crippen LogP contribution < -0.4 is 5.32 Å². The van der Waals surface area contributed by atoms with Crippen molar-refractivity contribution in [3.8, 4) is 0 Å². The van der Waals surface area contributed by atoms with Gasteiger partial charge in [-0.15, -0.1) is 11.3 Å². The highest BCUT2D eigenvalue weighted by Crippen LogP contribution is 2.32. The van der Waals surface area contributed by atoms with E-state index in [1.165, 1.54) is 11.3 Å². The van der Waals surface area contributed by atoms with Crippen molar-refractivity contribution in [3.05, 3.63) is 37.2 Å². The van der Waals surface area contributed by atoms with Crippen molar-refractivity contribution in [1.82, 2.24) is 15.1 Å². The van der Waals surface area contributed by atoms with Crippen LogP contribution in [0.4, 0.5) is 0 Å². The molecule has 0 amide bonds. The van der Waals surface area contributed by atoms with E-state index in [1.54, 1.807) is 11.3 Å². The molecule has 17 heavy (non-hydrogen) atoms. The Kier molecular flexibility index (Phi) is 4.41. The molecule has 0 radical (unpaired) electrons. The van der Waals surface area contributed by atoms with Gasteiger partial charge in [-0.1, -0.05) is 0 Å². The van der Waals surface area contributed by atoms with Crippen molar-refractivity contribution < 1.29 is 0 Å². The van der Waals surface area contributed by atoms with Gasteiger partial charge >= 0.3 is 0 Å². The minimum Gasteiger partial charge on any atom is -0.308 e. The number of halogens is 2. The summed E-state index contributed by atoms with van der Waals surface area (Å²) in [5.41, 5.74) is 2.42. The monoisotopic (exact) mass is 377 g/mol. The van der Waals surface area contributed by atoms with Gasteiger partial charge in [-0.25, -0.2) is 0 Å². The highest BCUT2D eigenvalue weighted by molar-refractivity contribution is 9.11. The summed E-state index contributed by atoms with van der Waals surface area (Å²) >= 11 is 8.77. The number of rotatable bonds is 4. The molecule has 6 heteroatoms. The fourth-order valence-electron chi connectivity index (χ4n) is 1.85. The summed E-state index contributed by atoms with van der Waals surface area (Å²) in [7, 11) is 1.97. The van der Waals surface area contributed by atoms with Gasteiger partial charge in [0.05, 0.1) is 26.2 Å². The minimum atomic E-state index is 0.161. The summed E-state index contributed by atoms with van der Waals surface area (Å²) in [6, 6.07) is 2.31. The molecule has 3 nitrogen and oxygen atoms in total. The lowest BCUT2D eigenvalue weighted by Gasteiger charge is -2.17. The molecule has 0 aliphatic carbocycles. The lowest BCUT2D eigenvalue weighted by molar-refractivity contribution is 0.562. The first kappa shape index (κ1) is 13.3. The second kappa shape index (κ2) is 5.65. The second-order valence-corrected chi connectivity index (χ2v) is 6.74. The SMILES string of the molecule is CCn1ncc(Br)c1C(NC)c1csc(Br)c1. The van der Waals surface area contributed by atoms with E-state index in [2.05, 4.69) is 60.6 Å². The molecule has 0 fully saturated rings. The van der Waals surface area contributed by atoms with Gasteiger partial charge in [-0.3, -0.25) is 4.68 Å². The van der Waals surface area contributed by atoms with Crippen molar-refractivity contribution in [2.75, 3.05) is 7.05 Å². The molecule has 0 aliphatic heterocycles. The van der Waals surface area contributed by atoms with E-state index in [4.69, 9.17) is 0 Å². The minimum absolute atomic E-state index is 0.161. The molecule has 0 bridgehead atoms. The highest BCUT2D eigenvalue weighted by Gasteiger charge is 2.20. The molecule has 0 aliphatic rings. The standard InChI is InChI=1S/C11H13Br2N3S/c1-3-16-11(8(12)5-15-16)10(14-2)7-4-9(13)17-6-7/h4-6,10,14H,3H2,1-2H3. The van der Waals surface area contributed by atoms with Crippen LogP contribution >= 0.6 is 43.2 Å². The zero-order valence-electron chi connectivity index (χ0n) is 9.58. The first-order chi connectivity index (χ1) is 8.17. The molecule has 2 aromatic heterocycles. The van der Waals surface area contributed by atoms with Crippen LogP contribution in [0.15, 0.2) is 25.9 Å². The van der Waals surface area contributed by atoms with Gasteiger partial charge in [-0.2, -0.15) is 5.10 Å². The van der Waals surface area contributed by atoms with Crippen molar-refractivity contribution >= 4 is 43.2 Å². The number of aromatic nitrogens is 2. The Balaban J connectivity index is 2.44. The van der Waals surface area contributed by atoms with E-state index in [0.717, 1.165) is 14.8 Å². The molecule has 0 spiro atoms. The summed E-state index contributed by atoms with van der Waals surface area (Å²) in [5.74, 6) is 0. The van der Waals surface area contributed by atoms with Crippen LogP contribution in [-0.2, 0) is 6.54 Å². The Bertz CT molecular complexity index is 507. The lowest BCUT2D eigenvalue weighted by atomic mass is 10.1. The van der Waals surface area contributed by atoms with Gasteiger partial charge in [0.15, 0.2) is 0 Å². The maximum atomic E-state index is 4.36. The van der Waals surface area contributed by atoms with Gasteiger partial charge in [0, 0.05) is 6.54 Å². The quantitative estimate of drug-likeness (QED) is 0.876. The van der Waals surface area contributed by atoms with Crippen LogP contribution in [0.25, 0.3) is 0 Å². The van der Waals surface area contributed by atoms with E-state index in [1.807, 2.05) is 17.9 Å². The first-order valence-electron chi connectivity index (χ1n) is 5.29. The molecule has 1 atom stereocenters. The van der Waals surface area contributed by atoms with Gasteiger partial charge in [0.1, 0.15) is 0 Å². The summed E-state index contributed by atoms with van der Waals surface area (Å²) in [6.07, 6.45) is 1.85. The number of aryl methyl sites for hydroxylation is 1. The highest BCUT2D eigenvalue weighted by atomic mass is 79.9. The predicted molar refractivity (Wildman–Crippen MR) is 78.5 cm³/mol. The van der Waals surface area contributed by atoms with Gasteiger partial charge < -0.3 is 5.32 Å². The lowest BCUT2D eigenvalue weighted by Crippen LogP contribution is -2.21. The smallest absolute Gasteiger partial charge is 0.0765 e. The van der Waals surface area contributed by atoms with E-state index >= 15 is 0 Å². The summed E-state index contributed by atoms with van der Waals surface area (Å²) in [5, 5.41) is 9.86. The van der Waals surface area contributed by atoms with Crippen LogP contribution in [0, 0.1) is 0 Å². The zero-order chi connectivity index (χ0) is 12.4. The van der Waals surface area contributed by atoms with E-state index in [0.29, 0.717) is 0 Å². The van der Waals surface area contributed by atoms with E-state index in [9.17, 15) is 0 Å². The summed E-state index contributed by atoms with van der Waals surface area (Å²) < 4.78 is 4.20. The number of hydrogen-bond donors (Lipinski definition) is 1. The van der Waals surface area contributed by atoms with Crippen LogP contribution in [0.2, 0.25) is 0 Å². The topological polar surface area (TPSA) is 29.9 Å². The Morgan fingerprint density at radius 3 is 2.82 bits per heavy atom. The van der Waals surface area contributed by atoms with Crippen LogP contribution in [-0.4, -0.2) is 16.8 Å². The maximum Gasteiger partial charge on any atom is 0.0765 e. The zero-order valence-corrected chi connectivity index (χ0v) is 13.6. The van der Waals surface area contributed by atoms with Gasteiger partial charge in [-0.05, 0) is 62.8 Å². The van der Waals surface area contributed by atoms with E-state index < -0.39 is 0 Å². The third kappa shape index (κ3) is 2.65. The Morgan fingerprint density at radius 2 is 2.29 bits per heavy atom. The van der Waals surface area contributed by atoms with Crippen molar-refractivity contribution in [2.24, 2.45) is 0 Å². The van der Waals surface area contributed by atoms with Crippen molar-refractivity contribution in [1.29, 1.82) is 0 Å². The Morgan fingerprint density at radius 1 is 1.53 bits per heavy atom. The molecule has 0 aromatic carbocycles. The predicted octanol–water partition coefficient (Wildman–Crippen LogP) is 3.80. The largest absolute Gasteiger partial charge is 0.308 e. The van der Waals surface area contributed by atoms with Gasteiger partial charge in [0.2, 0.25) is 0 Å². The molecule has 2 aromatic rings. The van der Waals surface area contributed by atoms with Gasteiger partial charge in [0.25, 0.3) is 0 Å². The van der Waals surface area contributed by atoms with Crippen LogP contribution in [0.1, 0.15) is 24.2 Å². The first-order valence-corrected chi connectivity index (χ1v) is 7.76. The molecule has 0 saturated carbocycles. The molecular weight excluding hydrogens is 366 g/mol. The molecule has 1 N–H and O–H groups in total. The average molecular weight is 379 g/mol. The maximum absolute atomic E-state index is 4.36. The van der Waals surface area contributed by atoms with Crippen LogP contribution in [0.5, 0.6) is 0 Å². The molecule has 2 rings (SSSR count). The third-order valence-corrected chi connectivity index (χ3v) is 4.75. The number of nitrogens with zero attached hydrogens (tertiary/aromatic N) is 2. The fraction of sp³-hybridized carbons (Fsp3) is 0.364. The third-order valence-electron chi connectivity index (χ3n) is 2.62. The second-order valence-electron chi connectivity index (χ2n) is 3.60. The number of hydrogen-bond acceptors (Lipinski definition) is 3. The van der Waals surface area contributed by atoms with Crippen molar-refractivity contribution in [2.45, 2.75) is 19.5 Å². The molecule has 2 heterocycles. The average Bonchev–Trinajstić information content (AvgIpc) is 2.89. The Hall–Kier alpha value is -0.170. The van der Waals surface area contributed by atoms with E-state index in [-0.39, 0.29) is 6.04 Å². The summed E-state index contributed by atoms with van der Waals surface area (Å²) in [4.78, 5) is 0. The molecule has 92 valence electrons. The summed E-state index contributed by atoms with van der Waals surface area (Å²) in [6.45, 7) is 2.96. The normalized spacial score (nSPS) is 12.9. The molecular formula is C11H13Br2N3S. The molecule has 0 saturated heterocycles.